The van der Waals surface area contributed by atoms with Gasteiger partial charge >= 0.3 is 11.7 Å². The van der Waals surface area contributed by atoms with E-state index in [4.69, 9.17) is 4.74 Å². The number of carbonyl (C=O) groups is 1. The Morgan fingerprint density at radius 1 is 1.52 bits per heavy atom. The van der Waals surface area contributed by atoms with Crippen LogP contribution in [0.4, 0.5) is 11.5 Å². The molecular formula is C16H19N5O4. The number of aromatic amines is 1. The van der Waals surface area contributed by atoms with Gasteiger partial charge in [-0.05, 0) is 31.4 Å². The summed E-state index contributed by atoms with van der Waals surface area (Å²) in [7, 11) is 1.21. The van der Waals surface area contributed by atoms with Crippen LogP contribution in [-0.4, -0.2) is 46.3 Å². The molecule has 1 N–H and O–H groups in total. The number of anilines is 1. The van der Waals surface area contributed by atoms with E-state index in [0.29, 0.717) is 18.8 Å². The Morgan fingerprint density at radius 3 is 2.96 bits per heavy atom. The maximum absolute atomic E-state index is 12.0. The highest BCUT2D eigenvalue weighted by molar-refractivity contribution is 5.96. The topological polar surface area (TPSA) is 114 Å². The van der Waals surface area contributed by atoms with E-state index in [1.165, 1.54) is 13.2 Å². The second-order valence-electron chi connectivity index (χ2n) is 6.05. The smallest absolute Gasteiger partial charge is 0.345 e. The molecule has 0 radical (unpaired) electrons. The molecule has 1 atom stereocenters. The molecule has 0 saturated carbocycles. The molecule has 3 rings (SSSR count). The summed E-state index contributed by atoms with van der Waals surface area (Å²) in [4.78, 5) is 29.3. The molecule has 25 heavy (non-hydrogen) atoms. The van der Waals surface area contributed by atoms with Gasteiger partial charge in [0.05, 0.1) is 18.2 Å². The Bertz CT molecular complexity index is 790. The van der Waals surface area contributed by atoms with Crippen molar-refractivity contribution >= 4 is 17.5 Å². The maximum atomic E-state index is 12.0. The number of aryl methyl sites for hydroxylation is 1. The van der Waals surface area contributed by atoms with Crippen LogP contribution in [0.1, 0.15) is 40.4 Å². The summed E-state index contributed by atoms with van der Waals surface area (Å²) in [5.41, 5.74) is 1.23. The van der Waals surface area contributed by atoms with E-state index in [9.17, 15) is 14.9 Å². The fourth-order valence-electron chi connectivity index (χ4n) is 3.24. The summed E-state index contributed by atoms with van der Waals surface area (Å²) in [6.07, 6.45) is 5.45. The Morgan fingerprint density at radius 2 is 2.32 bits per heavy atom. The Balaban J connectivity index is 2.02. The number of nitro groups is 1. The number of esters is 1. The zero-order valence-electron chi connectivity index (χ0n) is 14.1. The number of hydrogen-bond acceptors (Lipinski definition) is 7. The quantitative estimate of drug-likeness (QED) is 0.513. The van der Waals surface area contributed by atoms with Gasteiger partial charge in [0.15, 0.2) is 0 Å². The molecule has 1 saturated heterocycles. The Kier molecular flexibility index (Phi) is 4.64. The van der Waals surface area contributed by atoms with E-state index in [2.05, 4.69) is 15.2 Å². The van der Waals surface area contributed by atoms with E-state index >= 15 is 0 Å². The molecule has 1 fully saturated rings. The lowest BCUT2D eigenvalue weighted by molar-refractivity contribution is -0.384. The van der Waals surface area contributed by atoms with Crippen LogP contribution in [0.5, 0.6) is 0 Å². The van der Waals surface area contributed by atoms with Gasteiger partial charge in [0.1, 0.15) is 5.56 Å². The van der Waals surface area contributed by atoms with Crippen molar-refractivity contribution in [3.8, 4) is 0 Å². The van der Waals surface area contributed by atoms with Crippen LogP contribution in [0.25, 0.3) is 0 Å². The van der Waals surface area contributed by atoms with Gasteiger partial charge in [-0.15, -0.1) is 0 Å². The van der Waals surface area contributed by atoms with Crippen LogP contribution < -0.4 is 4.90 Å². The van der Waals surface area contributed by atoms with Gasteiger partial charge in [0.2, 0.25) is 5.82 Å². The molecule has 0 amide bonds. The number of nitrogens with zero attached hydrogens (tertiary/aromatic N) is 4. The second-order valence-corrected chi connectivity index (χ2v) is 6.05. The first kappa shape index (κ1) is 16.9. The van der Waals surface area contributed by atoms with Crippen molar-refractivity contribution in [2.45, 2.75) is 25.7 Å². The summed E-state index contributed by atoms with van der Waals surface area (Å²) >= 11 is 0. The standard InChI is InChI=1S/C16H19N5O4/c1-10-6-13(16(22)25-2)14(21(23)24)15(19-10)20-5-3-4-11(9-20)12-7-17-18-8-12/h6-8,11H,3-5,9H2,1-2H3,(H,17,18). The Labute approximate surface area is 144 Å². The van der Waals surface area contributed by atoms with Gasteiger partial charge in [0.25, 0.3) is 0 Å². The van der Waals surface area contributed by atoms with Gasteiger partial charge in [-0.1, -0.05) is 0 Å². The second kappa shape index (κ2) is 6.88. The summed E-state index contributed by atoms with van der Waals surface area (Å²) in [6, 6.07) is 1.39. The number of nitrogens with one attached hydrogen (secondary N) is 1. The molecule has 3 heterocycles. The molecule has 2 aromatic heterocycles. The van der Waals surface area contributed by atoms with E-state index in [1.807, 2.05) is 11.1 Å². The van der Waals surface area contributed by atoms with Gasteiger partial charge in [-0.3, -0.25) is 15.2 Å². The summed E-state index contributed by atoms with van der Waals surface area (Å²) in [5.74, 6) is -0.309. The lowest BCUT2D eigenvalue weighted by Gasteiger charge is -2.33. The van der Waals surface area contributed by atoms with Crippen molar-refractivity contribution < 1.29 is 14.5 Å². The average Bonchev–Trinajstić information content (AvgIpc) is 3.14. The largest absolute Gasteiger partial charge is 0.465 e. The van der Waals surface area contributed by atoms with E-state index in [-0.39, 0.29) is 23.0 Å². The molecule has 2 aromatic rings. The number of H-pyrrole nitrogens is 1. The lowest BCUT2D eigenvalue weighted by atomic mass is 9.92. The van der Waals surface area contributed by atoms with Gasteiger partial charge < -0.3 is 9.64 Å². The molecule has 9 nitrogen and oxygen atoms in total. The first-order valence-corrected chi connectivity index (χ1v) is 7.99. The van der Waals surface area contributed by atoms with E-state index in [0.717, 1.165) is 18.4 Å². The van der Waals surface area contributed by atoms with Crippen LogP contribution in [0.15, 0.2) is 18.5 Å². The molecule has 0 spiro atoms. The van der Waals surface area contributed by atoms with E-state index < -0.39 is 10.9 Å². The SMILES string of the molecule is COC(=O)c1cc(C)nc(N2CCCC(c3cn[nH]c3)C2)c1[N+](=O)[O-]. The number of pyridine rings is 1. The summed E-state index contributed by atoms with van der Waals surface area (Å²) < 4.78 is 4.70. The number of aromatic nitrogens is 3. The van der Waals surface area contributed by atoms with Crippen LogP contribution in [0.2, 0.25) is 0 Å². The first-order chi connectivity index (χ1) is 12.0. The number of methoxy groups -OCH3 is 1. The third kappa shape index (κ3) is 3.30. The number of carbonyl (C=O) groups excluding carboxylic acids is 1. The molecular weight excluding hydrogens is 326 g/mol. The van der Waals surface area contributed by atoms with Gasteiger partial charge in [-0.25, -0.2) is 9.78 Å². The van der Waals surface area contributed by atoms with Crippen molar-refractivity contribution in [2.24, 2.45) is 0 Å². The normalized spacial score (nSPS) is 17.4. The zero-order valence-corrected chi connectivity index (χ0v) is 14.1. The van der Waals surface area contributed by atoms with Gasteiger partial charge in [-0.2, -0.15) is 5.10 Å². The maximum Gasteiger partial charge on any atom is 0.345 e. The molecule has 1 aliphatic rings. The predicted molar refractivity (Wildman–Crippen MR) is 89.7 cm³/mol. The van der Waals surface area contributed by atoms with Crippen molar-refractivity contribution in [3.05, 3.63) is 45.4 Å². The minimum Gasteiger partial charge on any atom is -0.465 e. The monoisotopic (exact) mass is 345 g/mol. The number of ether oxygens (including phenoxy) is 1. The number of hydrogen-bond donors (Lipinski definition) is 1. The third-order valence-corrected chi connectivity index (χ3v) is 4.40. The lowest BCUT2D eigenvalue weighted by Crippen LogP contribution is -2.35. The zero-order chi connectivity index (χ0) is 18.0. The number of rotatable bonds is 4. The molecule has 0 bridgehead atoms. The third-order valence-electron chi connectivity index (χ3n) is 4.40. The van der Waals surface area contributed by atoms with Crippen LogP contribution in [0, 0.1) is 17.0 Å². The highest BCUT2D eigenvalue weighted by Gasteiger charge is 2.33. The fourth-order valence-corrected chi connectivity index (χ4v) is 3.24. The van der Waals surface area contributed by atoms with Crippen LogP contribution in [0.3, 0.4) is 0 Å². The van der Waals surface area contributed by atoms with Crippen molar-refractivity contribution in [1.82, 2.24) is 15.2 Å². The van der Waals surface area contributed by atoms with E-state index in [1.54, 1.807) is 13.1 Å². The number of piperidine rings is 1. The molecule has 0 aromatic carbocycles. The van der Waals surface area contributed by atoms with Crippen molar-refractivity contribution in [2.75, 3.05) is 25.1 Å². The van der Waals surface area contributed by atoms with Crippen LogP contribution in [-0.2, 0) is 4.74 Å². The fraction of sp³-hybridized carbons (Fsp3) is 0.438. The predicted octanol–water partition coefficient (Wildman–Crippen LogP) is 2.19. The molecule has 1 unspecified atom stereocenters. The minimum atomic E-state index is -0.734. The minimum absolute atomic E-state index is 0.0690. The Hall–Kier alpha value is -2.97. The highest BCUT2D eigenvalue weighted by Crippen LogP contribution is 2.35. The molecule has 1 aliphatic heterocycles. The van der Waals surface area contributed by atoms with Gasteiger partial charge in [0, 0.05) is 30.9 Å². The molecule has 132 valence electrons. The van der Waals surface area contributed by atoms with Crippen LogP contribution >= 0.6 is 0 Å². The first-order valence-electron chi connectivity index (χ1n) is 7.99. The van der Waals surface area contributed by atoms with Crippen molar-refractivity contribution in [1.29, 1.82) is 0 Å². The molecule has 0 aliphatic carbocycles. The summed E-state index contributed by atoms with van der Waals surface area (Å²) in [6.45, 7) is 2.93. The average molecular weight is 345 g/mol. The summed E-state index contributed by atoms with van der Waals surface area (Å²) in [5, 5.41) is 18.4. The van der Waals surface area contributed by atoms with Crippen molar-refractivity contribution in [3.63, 3.8) is 0 Å². The highest BCUT2D eigenvalue weighted by atomic mass is 16.6. The molecule has 9 heteroatoms.